The van der Waals surface area contributed by atoms with Gasteiger partial charge in [-0.15, -0.1) is 0 Å². The molecule has 1 aliphatic heterocycles. The van der Waals surface area contributed by atoms with Gasteiger partial charge in [-0.05, 0) is 50.4 Å². The van der Waals surface area contributed by atoms with Crippen molar-refractivity contribution >= 4 is 23.2 Å². The molecule has 120 valence electrons. The van der Waals surface area contributed by atoms with Gasteiger partial charge in [-0.2, -0.15) is 0 Å². The molecule has 1 heterocycles. The largest absolute Gasteiger partial charge is 0.326 e. The third-order valence-corrected chi connectivity index (χ3v) is 3.88. The summed E-state index contributed by atoms with van der Waals surface area (Å²) in [5, 5.41) is 9.07. The molecule has 1 aliphatic rings. The Balaban J connectivity index is 2.02. The predicted octanol–water partition coefficient (Wildman–Crippen LogP) is 2.81. The van der Waals surface area contributed by atoms with Crippen molar-refractivity contribution in [3.63, 3.8) is 0 Å². The van der Waals surface area contributed by atoms with E-state index in [2.05, 4.69) is 16.0 Å². The zero-order chi connectivity index (χ0) is 15.9. The number of carbonyl (C=O) groups is 2. The second kappa shape index (κ2) is 7.94. The fourth-order valence-corrected chi connectivity index (χ4v) is 2.58. The highest BCUT2D eigenvalue weighted by Crippen LogP contribution is 2.21. The Kier molecular flexibility index (Phi) is 5.95. The minimum absolute atomic E-state index is 0.000153. The maximum absolute atomic E-state index is 12.3. The van der Waals surface area contributed by atoms with E-state index in [-0.39, 0.29) is 17.9 Å². The van der Waals surface area contributed by atoms with E-state index in [1.165, 1.54) is 0 Å². The van der Waals surface area contributed by atoms with E-state index in [9.17, 15) is 9.59 Å². The van der Waals surface area contributed by atoms with E-state index in [0.717, 1.165) is 49.2 Å². The first-order valence-electron chi connectivity index (χ1n) is 8.05. The summed E-state index contributed by atoms with van der Waals surface area (Å²) in [6.45, 7) is 4.81. The van der Waals surface area contributed by atoms with E-state index in [1.54, 1.807) is 0 Å². The molecule has 2 amide bonds. The van der Waals surface area contributed by atoms with Gasteiger partial charge in [0.2, 0.25) is 11.8 Å². The number of piperidine rings is 1. The van der Waals surface area contributed by atoms with Gasteiger partial charge in [0.05, 0.1) is 6.04 Å². The number of anilines is 2. The molecule has 0 radical (unpaired) electrons. The van der Waals surface area contributed by atoms with Crippen LogP contribution in [-0.2, 0) is 9.59 Å². The van der Waals surface area contributed by atoms with Crippen molar-refractivity contribution in [2.75, 3.05) is 17.2 Å². The molecule has 0 aliphatic carbocycles. The van der Waals surface area contributed by atoms with Crippen molar-refractivity contribution in [1.82, 2.24) is 5.32 Å². The molecule has 5 nitrogen and oxygen atoms in total. The molecule has 1 saturated heterocycles. The number of hydrogen-bond acceptors (Lipinski definition) is 3. The Hall–Kier alpha value is -1.88. The van der Waals surface area contributed by atoms with Crippen LogP contribution in [0, 0.1) is 6.92 Å². The molecule has 1 fully saturated rings. The third kappa shape index (κ3) is 4.56. The normalized spacial score (nSPS) is 17.8. The van der Waals surface area contributed by atoms with E-state index in [1.807, 2.05) is 32.0 Å². The van der Waals surface area contributed by atoms with Crippen LogP contribution in [0.25, 0.3) is 0 Å². The van der Waals surface area contributed by atoms with Crippen LogP contribution < -0.4 is 16.0 Å². The lowest BCUT2D eigenvalue weighted by Crippen LogP contribution is -2.43. The van der Waals surface area contributed by atoms with Crippen LogP contribution in [0.3, 0.4) is 0 Å². The van der Waals surface area contributed by atoms with Crippen LogP contribution in [-0.4, -0.2) is 24.4 Å². The minimum atomic E-state index is -0.119. The number of amides is 2. The summed E-state index contributed by atoms with van der Waals surface area (Å²) in [5.74, 6) is -0.00240. The monoisotopic (exact) mass is 303 g/mol. The Morgan fingerprint density at radius 1 is 1.27 bits per heavy atom. The Morgan fingerprint density at radius 2 is 2.09 bits per heavy atom. The Morgan fingerprint density at radius 3 is 2.77 bits per heavy atom. The molecule has 22 heavy (non-hydrogen) atoms. The van der Waals surface area contributed by atoms with Gasteiger partial charge in [0, 0.05) is 17.8 Å². The number of carbonyl (C=O) groups excluding carboxylic acids is 2. The van der Waals surface area contributed by atoms with Gasteiger partial charge in [0.25, 0.3) is 0 Å². The highest BCUT2D eigenvalue weighted by Gasteiger charge is 2.20. The molecular weight excluding hydrogens is 278 g/mol. The molecule has 3 N–H and O–H groups in total. The molecule has 0 spiro atoms. The smallest absolute Gasteiger partial charge is 0.241 e. The second-order valence-corrected chi connectivity index (χ2v) is 5.82. The Bertz CT molecular complexity index is 537. The van der Waals surface area contributed by atoms with Gasteiger partial charge in [-0.1, -0.05) is 19.4 Å². The molecule has 5 heteroatoms. The maximum Gasteiger partial charge on any atom is 0.241 e. The van der Waals surface area contributed by atoms with Crippen molar-refractivity contribution in [3.05, 3.63) is 23.8 Å². The van der Waals surface area contributed by atoms with E-state index >= 15 is 0 Å². The lowest BCUT2D eigenvalue weighted by atomic mass is 10.0. The highest BCUT2D eigenvalue weighted by atomic mass is 16.2. The number of hydrogen-bond donors (Lipinski definition) is 3. The van der Waals surface area contributed by atoms with Gasteiger partial charge >= 0.3 is 0 Å². The van der Waals surface area contributed by atoms with Crippen LogP contribution in [0.2, 0.25) is 0 Å². The van der Waals surface area contributed by atoms with Gasteiger partial charge in [-0.3, -0.25) is 9.59 Å². The van der Waals surface area contributed by atoms with Crippen LogP contribution in [0.5, 0.6) is 0 Å². The van der Waals surface area contributed by atoms with Gasteiger partial charge in [0.15, 0.2) is 0 Å². The summed E-state index contributed by atoms with van der Waals surface area (Å²) in [7, 11) is 0. The number of benzene rings is 1. The van der Waals surface area contributed by atoms with Crippen molar-refractivity contribution < 1.29 is 9.59 Å². The van der Waals surface area contributed by atoms with Crippen molar-refractivity contribution in [1.29, 1.82) is 0 Å². The summed E-state index contributed by atoms with van der Waals surface area (Å²) >= 11 is 0. The summed E-state index contributed by atoms with van der Waals surface area (Å²) in [4.78, 5) is 24.0. The van der Waals surface area contributed by atoms with Gasteiger partial charge < -0.3 is 16.0 Å². The van der Waals surface area contributed by atoms with Crippen LogP contribution >= 0.6 is 0 Å². The Labute approximate surface area is 131 Å². The predicted molar refractivity (Wildman–Crippen MR) is 89.0 cm³/mol. The zero-order valence-corrected chi connectivity index (χ0v) is 13.4. The van der Waals surface area contributed by atoms with Crippen molar-refractivity contribution in [3.8, 4) is 0 Å². The lowest BCUT2D eigenvalue weighted by Gasteiger charge is -2.23. The topological polar surface area (TPSA) is 70.2 Å². The first-order valence-corrected chi connectivity index (χ1v) is 8.05. The molecule has 0 saturated carbocycles. The van der Waals surface area contributed by atoms with E-state index in [0.29, 0.717) is 6.42 Å². The number of nitrogens with one attached hydrogen (secondary N) is 3. The number of rotatable bonds is 5. The molecular formula is C17H25N3O2. The average Bonchev–Trinajstić information content (AvgIpc) is 2.51. The first kappa shape index (κ1) is 16.5. The molecule has 2 rings (SSSR count). The highest BCUT2D eigenvalue weighted by molar-refractivity contribution is 5.97. The molecule has 1 atom stereocenters. The summed E-state index contributed by atoms with van der Waals surface area (Å²) in [6, 6.07) is 5.47. The SMILES string of the molecule is CCCC(=O)Nc1ccc(C)c(NC(=O)[C@@H]2CCCCN2)c1. The molecule has 0 aromatic heterocycles. The van der Waals surface area contributed by atoms with Gasteiger partial charge in [-0.25, -0.2) is 0 Å². The third-order valence-electron chi connectivity index (χ3n) is 3.88. The summed E-state index contributed by atoms with van der Waals surface area (Å²) in [5.41, 5.74) is 2.46. The van der Waals surface area contributed by atoms with Crippen molar-refractivity contribution in [2.24, 2.45) is 0 Å². The lowest BCUT2D eigenvalue weighted by molar-refractivity contribution is -0.118. The molecule has 0 bridgehead atoms. The summed E-state index contributed by atoms with van der Waals surface area (Å²) in [6.07, 6.45) is 4.40. The summed E-state index contributed by atoms with van der Waals surface area (Å²) < 4.78 is 0. The van der Waals surface area contributed by atoms with Crippen LogP contribution in [0.4, 0.5) is 11.4 Å². The average molecular weight is 303 g/mol. The quantitative estimate of drug-likeness (QED) is 0.783. The second-order valence-electron chi connectivity index (χ2n) is 5.82. The fourth-order valence-electron chi connectivity index (χ4n) is 2.58. The number of aryl methyl sites for hydroxylation is 1. The van der Waals surface area contributed by atoms with Gasteiger partial charge in [0.1, 0.15) is 0 Å². The molecule has 1 aromatic carbocycles. The first-order chi connectivity index (χ1) is 10.6. The van der Waals surface area contributed by atoms with Crippen molar-refractivity contribution in [2.45, 2.75) is 52.0 Å². The van der Waals surface area contributed by atoms with Crippen LogP contribution in [0.1, 0.15) is 44.6 Å². The molecule has 1 aromatic rings. The fraction of sp³-hybridized carbons (Fsp3) is 0.529. The standard InChI is InChI=1S/C17H25N3O2/c1-3-6-16(21)19-13-9-8-12(2)15(11-13)20-17(22)14-7-4-5-10-18-14/h8-9,11,14,18H,3-7,10H2,1-2H3,(H,19,21)(H,20,22)/t14-/m0/s1. The zero-order valence-electron chi connectivity index (χ0n) is 13.4. The van der Waals surface area contributed by atoms with E-state index < -0.39 is 0 Å². The van der Waals surface area contributed by atoms with Crippen LogP contribution in [0.15, 0.2) is 18.2 Å². The van der Waals surface area contributed by atoms with E-state index in [4.69, 9.17) is 0 Å². The molecule has 0 unspecified atom stereocenters. The minimum Gasteiger partial charge on any atom is -0.326 e. The maximum atomic E-state index is 12.3.